The third kappa shape index (κ3) is 7.32. The number of rotatable bonds is 10. The molecule has 0 aliphatic rings. The summed E-state index contributed by atoms with van der Waals surface area (Å²) in [6, 6.07) is 10.6. The molecule has 1 aromatic rings. The molecule has 112 valence electrons. The van der Waals surface area contributed by atoms with Crippen molar-refractivity contribution >= 4 is 5.97 Å². The lowest BCUT2D eigenvalue weighted by molar-refractivity contribution is -0.143. The van der Waals surface area contributed by atoms with E-state index in [-0.39, 0.29) is 5.97 Å². The highest BCUT2D eigenvalue weighted by Gasteiger charge is 2.05. The number of benzene rings is 1. The summed E-state index contributed by atoms with van der Waals surface area (Å²) in [6.45, 7) is 4.97. The highest BCUT2D eigenvalue weighted by Crippen LogP contribution is 2.20. The van der Waals surface area contributed by atoms with Crippen molar-refractivity contribution in [2.24, 2.45) is 0 Å². The van der Waals surface area contributed by atoms with Crippen molar-refractivity contribution in [2.45, 2.75) is 64.7 Å². The molecule has 1 unspecified atom stereocenters. The van der Waals surface area contributed by atoms with Gasteiger partial charge in [0, 0.05) is 6.42 Å². The Morgan fingerprint density at radius 1 is 1.10 bits per heavy atom. The molecule has 1 atom stereocenters. The Labute approximate surface area is 123 Å². The lowest BCUT2D eigenvalue weighted by Gasteiger charge is -2.11. The number of esters is 1. The summed E-state index contributed by atoms with van der Waals surface area (Å²) in [5.74, 6) is 0.547. The zero-order chi connectivity index (χ0) is 14.6. The van der Waals surface area contributed by atoms with E-state index in [4.69, 9.17) is 4.74 Å². The molecule has 1 aromatic carbocycles. The fourth-order valence-corrected chi connectivity index (χ4v) is 2.28. The highest BCUT2D eigenvalue weighted by atomic mass is 16.5. The second-order valence-electron chi connectivity index (χ2n) is 5.49. The van der Waals surface area contributed by atoms with Gasteiger partial charge in [-0.1, -0.05) is 57.0 Å². The molecule has 0 fully saturated rings. The maximum absolute atomic E-state index is 11.4. The fourth-order valence-electron chi connectivity index (χ4n) is 2.28. The number of ether oxygens (including phenoxy) is 1. The molecule has 2 nitrogen and oxygen atoms in total. The number of carbonyl (C=O) groups is 1. The number of hydrogen-bond acceptors (Lipinski definition) is 2. The maximum Gasteiger partial charge on any atom is 0.305 e. The molecule has 0 aliphatic carbocycles. The molecule has 2 heteroatoms. The Kier molecular flexibility index (Phi) is 8.77. The maximum atomic E-state index is 11.4. The van der Waals surface area contributed by atoms with Crippen molar-refractivity contribution in [3.05, 3.63) is 35.9 Å². The van der Waals surface area contributed by atoms with Gasteiger partial charge in [0.15, 0.2) is 0 Å². The molecule has 0 bridgehead atoms. The van der Waals surface area contributed by atoms with Crippen LogP contribution in [-0.4, -0.2) is 12.6 Å². The fraction of sp³-hybridized carbons (Fsp3) is 0.611. The Hall–Kier alpha value is -1.31. The third-order valence-corrected chi connectivity index (χ3v) is 3.65. The van der Waals surface area contributed by atoms with Gasteiger partial charge in [0.2, 0.25) is 0 Å². The molecule has 20 heavy (non-hydrogen) atoms. The predicted octanol–water partition coefficient (Wildman–Crippen LogP) is 5.08. The van der Waals surface area contributed by atoms with Crippen molar-refractivity contribution in [2.75, 3.05) is 6.61 Å². The minimum Gasteiger partial charge on any atom is -0.466 e. The number of carbonyl (C=O) groups excluding carboxylic acids is 1. The average Bonchev–Trinajstić information content (AvgIpc) is 2.48. The monoisotopic (exact) mass is 276 g/mol. The van der Waals surface area contributed by atoms with Gasteiger partial charge in [0.05, 0.1) is 6.61 Å². The molecule has 0 saturated carbocycles. The van der Waals surface area contributed by atoms with Gasteiger partial charge in [-0.3, -0.25) is 4.79 Å². The first-order chi connectivity index (χ1) is 9.74. The van der Waals surface area contributed by atoms with Gasteiger partial charge < -0.3 is 4.74 Å². The minimum absolute atomic E-state index is 0.0328. The van der Waals surface area contributed by atoms with Gasteiger partial charge >= 0.3 is 5.97 Å². The smallest absolute Gasteiger partial charge is 0.305 e. The standard InChI is InChI=1S/C18H28O2/c1-3-4-6-14-18(19)20-15-10-9-11-16(2)17-12-7-5-8-13-17/h5,7-8,12-13,16H,3-4,6,9-11,14-15H2,1-2H3. The Morgan fingerprint density at radius 2 is 1.85 bits per heavy atom. The van der Waals surface area contributed by atoms with Crippen LogP contribution < -0.4 is 0 Å². The van der Waals surface area contributed by atoms with Gasteiger partial charge in [0.25, 0.3) is 0 Å². The molecule has 0 radical (unpaired) electrons. The van der Waals surface area contributed by atoms with Gasteiger partial charge in [-0.05, 0) is 37.2 Å². The van der Waals surface area contributed by atoms with Crippen molar-refractivity contribution in [3.8, 4) is 0 Å². The van der Waals surface area contributed by atoms with Crippen LogP contribution in [0.3, 0.4) is 0 Å². The third-order valence-electron chi connectivity index (χ3n) is 3.65. The lowest BCUT2D eigenvalue weighted by atomic mass is 9.96. The van der Waals surface area contributed by atoms with E-state index in [1.807, 2.05) is 6.07 Å². The van der Waals surface area contributed by atoms with Crippen molar-refractivity contribution < 1.29 is 9.53 Å². The SMILES string of the molecule is CCCCCC(=O)OCCCCC(C)c1ccccc1. The van der Waals surface area contributed by atoms with E-state index in [0.29, 0.717) is 18.9 Å². The van der Waals surface area contributed by atoms with Crippen molar-refractivity contribution in [1.29, 1.82) is 0 Å². The van der Waals surface area contributed by atoms with Crippen LogP contribution in [-0.2, 0) is 9.53 Å². The number of unbranched alkanes of at least 4 members (excludes halogenated alkanes) is 3. The van der Waals surface area contributed by atoms with Crippen LogP contribution in [0.2, 0.25) is 0 Å². The summed E-state index contributed by atoms with van der Waals surface area (Å²) in [4.78, 5) is 11.4. The molecular weight excluding hydrogens is 248 g/mol. The van der Waals surface area contributed by atoms with Crippen molar-refractivity contribution in [3.63, 3.8) is 0 Å². The highest BCUT2D eigenvalue weighted by molar-refractivity contribution is 5.69. The van der Waals surface area contributed by atoms with Crippen molar-refractivity contribution in [1.82, 2.24) is 0 Å². The van der Waals surface area contributed by atoms with Gasteiger partial charge in [-0.15, -0.1) is 0 Å². The summed E-state index contributed by atoms with van der Waals surface area (Å²) in [6.07, 6.45) is 7.02. The average molecular weight is 276 g/mol. The van der Waals surface area contributed by atoms with E-state index in [1.165, 1.54) is 5.56 Å². The van der Waals surface area contributed by atoms with Crippen LogP contribution in [0, 0.1) is 0 Å². The Bertz CT molecular complexity index is 359. The lowest BCUT2D eigenvalue weighted by Crippen LogP contribution is -2.06. The Morgan fingerprint density at radius 3 is 2.55 bits per heavy atom. The largest absolute Gasteiger partial charge is 0.466 e. The molecular formula is C18H28O2. The summed E-state index contributed by atoms with van der Waals surface area (Å²) < 4.78 is 5.24. The molecule has 0 N–H and O–H groups in total. The van der Waals surface area contributed by atoms with E-state index in [2.05, 4.69) is 38.1 Å². The summed E-state index contributed by atoms with van der Waals surface area (Å²) >= 11 is 0. The normalized spacial score (nSPS) is 12.1. The molecule has 0 saturated heterocycles. The second-order valence-corrected chi connectivity index (χ2v) is 5.49. The summed E-state index contributed by atoms with van der Waals surface area (Å²) in [5.41, 5.74) is 1.39. The van der Waals surface area contributed by atoms with Crippen LogP contribution in [0.15, 0.2) is 30.3 Å². The predicted molar refractivity (Wildman–Crippen MR) is 83.8 cm³/mol. The molecule has 0 amide bonds. The molecule has 0 spiro atoms. The quantitative estimate of drug-likeness (QED) is 0.440. The van der Waals surface area contributed by atoms with Gasteiger partial charge in [-0.25, -0.2) is 0 Å². The van der Waals surface area contributed by atoms with E-state index in [9.17, 15) is 4.79 Å². The summed E-state index contributed by atoms with van der Waals surface area (Å²) in [7, 11) is 0. The van der Waals surface area contributed by atoms with E-state index >= 15 is 0 Å². The van der Waals surface area contributed by atoms with Crippen LogP contribution in [0.25, 0.3) is 0 Å². The zero-order valence-electron chi connectivity index (χ0n) is 12.9. The first kappa shape index (κ1) is 16.7. The van der Waals surface area contributed by atoms with Crippen LogP contribution in [0.1, 0.15) is 70.3 Å². The van der Waals surface area contributed by atoms with E-state index in [1.54, 1.807) is 0 Å². The van der Waals surface area contributed by atoms with Gasteiger partial charge in [0.1, 0.15) is 0 Å². The first-order valence-electron chi connectivity index (χ1n) is 7.94. The zero-order valence-corrected chi connectivity index (χ0v) is 12.9. The molecule has 0 aliphatic heterocycles. The summed E-state index contributed by atoms with van der Waals surface area (Å²) in [5, 5.41) is 0. The van der Waals surface area contributed by atoms with E-state index in [0.717, 1.165) is 38.5 Å². The van der Waals surface area contributed by atoms with Crippen LogP contribution in [0.5, 0.6) is 0 Å². The van der Waals surface area contributed by atoms with Gasteiger partial charge in [-0.2, -0.15) is 0 Å². The van der Waals surface area contributed by atoms with E-state index < -0.39 is 0 Å². The van der Waals surface area contributed by atoms with Crippen LogP contribution in [0.4, 0.5) is 0 Å². The molecule has 0 heterocycles. The number of hydrogen-bond donors (Lipinski definition) is 0. The molecule has 1 rings (SSSR count). The minimum atomic E-state index is -0.0328. The first-order valence-corrected chi connectivity index (χ1v) is 7.94. The molecule has 0 aromatic heterocycles. The Balaban J connectivity index is 2.03. The second kappa shape index (κ2) is 10.5. The van der Waals surface area contributed by atoms with Crippen LogP contribution >= 0.6 is 0 Å². The topological polar surface area (TPSA) is 26.3 Å².